The molecule has 2 aromatic carbocycles. The van der Waals surface area contributed by atoms with Gasteiger partial charge in [-0.3, -0.25) is 9.59 Å². The van der Waals surface area contributed by atoms with E-state index in [1.807, 2.05) is 24.3 Å². The molecule has 7 heteroatoms. The van der Waals surface area contributed by atoms with Crippen molar-refractivity contribution in [3.63, 3.8) is 0 Å². The van der Waals surface area contributed by atoms with E-state index in [-0.39, 0.29) is 18.4 Å². The van der Waals surface area contributed by atoms with Gasteiger partial charge in [-0.2, -0.15) is 0 Å². The van der Waals surface area contributed by atoms with Gasteiger partial charge in [0.2, 0.25) is 5.91 Å². The molecular weight excluding hydrogens is 346 g/mol. The number of carbonyl (C=O) groups is 2. The van der Waals surface area contributed by atoms with E-state index >= 15 is 0 Å². The monoisotopic (exact) mass is 369 g/mol. The lowest BCUT2D eigenvalue weighted by Gasteiger charge is -2.26. The van der Waals surface area contributed by atoms with Gasteiger partial charge in [0.25, 0.3) is 5.91 Å². The molecule has 1 fully saturated rings. The van der Waals surface area contributed by atoms with Crippen molar-refractivity contribution >= 4 is 23.2 Å². The van der Waals surface area contributed by atoms with Crippen molar-refractivity contribution in [1.82, 2.24) is 4.90 Å². The van der Waals surface area contributed by atoms with E-state index in [0.29, 0.717) is 37.6 Å². The predicted molar refractivity (Wildman–Crippen MR) is 103 cm³/mol. The van der Waals surface area contributed by atoms with Crippen LogP contribution < -0.4 is 15.4 Å². The van der Waals surface area contributed by atoms with Crippen LogP contribution in [0.4, 0.5) is 11.4 Å². The summed E-state index contributed by atoms with van der Waals surface area (Å²) in [5.74, 6) is 0.530. The fraction of sp³-hybridized carbons (Fsp3) is 0.300. The third-order valence-electron chi connectivity index (χ3n) is 4.24. The van der Waals surface area contributed by atoms with Gasteiger partial charge in [-0.1, -0.05) is 6.07 Å². The Morgan fingerprint density at radius 2 is 1.81 bits per heavy atom. The number of hydrogen-bond donors (Lipinski definition) is 2. The standard InChI is InChI=1S/C20H23N3O4/c1-26-18-4-2-3-17(13-18)21-14-19(24)22-16-7-5-15(6-8-16)20(25)23-9-11-27-12-10-23/h2-8,13,21H,9-12,14H2,1H3,(H,22,24). The second-order valence-corrected chi connectivity index (χ2v) is 6.12. The largest absolute Gasteiger partial charge is 0.497 e. The minimum Gasteiger partial charge on any atom is -0.497 e. The van der Waals surface area contributed by atoms with Crippen LogP contribution in [0.15, 0.2) is 48.5 Å². The van der Waals surface area contributed by atoms with E-state index < -0.39 is 0 Å². The van der Waals surface area contributed by atoms with Crippen LogP contribution in [0, 0.1) is 0 Å². The Bertz CT molecular complexity index is 786. The first-order valence-corrected chi connectivity index (χ1v) is 8.80. The van der Waals surface area contributed by atoms with Crippen LogP contribution in [0.1, 0.15) is 10.4 Å². The van der Waals surface area contributed by atoms with Crippen molar-refractivity contribution in [3.05, 3.63) is 54.1 Å². The van der Waals surface area contributed by atoms with E-state index in [0.717, 1.165) is 11.4 Å². The van der Waals surface area contributed by atoms with Crippen LogP contribution >= 0.6 is 0 Å². The van der Waals surface area contributed by atoms with Crippen molar-refractivity contribution in [2.75, 3.05) is 50.6 Å². The molecule has 0 aliphatic carbocycles. The Kier molecular flexibility index (Phi) is 6.27. The van der Waals surface area contributed by atoms with Gasteiger partial charge in [0.05, 0.1) is 26.9 Å². The number of morpholine rings is 1. The van der Waals surface area contributed by atoms with Gasteiger partial charge >= 0.3 is 0 Å². The summed E-state index contributed by atoms with van der Waals surface area (Å²) in [6.45, 7) is 2.47. The van der Waals surface area contributed by atoms with Crippen molar-refractivity contribution < 1.29 is 19.1 Å². The predicted octanol–water partition coefficient (Wildman–Crippen LogP) is 2.22. The first-order valence-electron chi connectivity index (χ1n) is 8.80. The van der Waals surface area contributed by atoms with Gasteiger partial charge in [0.1, 0.15) is 5.75 Å². The molecular formula is C20H23N3O4. The van der Waals surface area contributed by atoms with Gasteiger partial charge in [-0.25, -0.2) is 0 Å². The normalized spacial score (nSPS) is 13.7. The lowest BCUT2D eigenvalue weighted by atomic mass is 10.1. The maximum atomic E-state index is 12.4. The number of methoxy groups -OCH3 is 1. The topological polar surface area (TPSA) is 79.9 Å². The van der Waals surface area contributed by atoms with Crippen LogP contribution in [-0.4, -0.2) is 56.7 Å². The molecule has 2 amide bonds. The Balaban J connectivity index is 1.51. The highest BCUT2D eigenvalue weighted by atomic mass is 16.5. The number of carbonyl (C=O) groups excluding carboxylic acids is 2. The van der Waals surface area contributed by atoms with Gasteiger partial charge in [0.15, 0.2) is 0 Å². The Morgan fingerprint density at radius 1 is 1.07 bits per heavy atom. The molecule has 1 aliphatic rings. The molecule has 0 unspecified atom stereocenters. The van der Waals surface area contributed by atoms with Crippen molar-refractivity contribution in [2.24, 2.45) is 0 Å². The first-order chi connectivity index (χ1) is 13.2. The SMILES string of the molecule is COc1cccc(NCC(=O)Nc2ccc(C(=O)N3CCOCC3)cc2)c1. The lowest BCUT2D eigenvalue weighted by molar-refractivity contribution is -0.114. The molecule has 2 aromatic rings. The molecule has 0 bridgehead atoms. The van der Waals surface area contributed by atoms with Gasteiger partial charge in [-0.15, -0.1) is 0 Å². The minimum atomic E-state index is -0.176. The quantitative estimate of drug-likeness (QED) is 0.816. The third-order valence-corrected chi connectivity index (χ3v) is 4.24. The summed E-state index contributed by atoms with van der Waals surface area (Å²) in [4.78, 5) is 26.3. The molecule has 1 saturated heterocycles. The van der Waals surface area contributed by atoms with Crippen LogP contribution in [0.25, 0.3) is 0 Å². The molecule has 3 rings (SSSR count). The Morgan fingerprint density at radius 3 is 2.52 bits per heavy atom. The summed E-state index contributed by atoms with van der Waals surface area (Å²) in [5.41, 5.74) is 2.05. The van der Waals surface area contributed by atoms with Gasteiger partial charge in [-0.05, 0) is 36.4 Å². The number of hydrogen-bond acceptors (Lipinski definition) is 5. The summed E-state index contributed by atoms with van der Waals surface area (Å²) in [7, 11) is 1.60. The molecule has 0 spiro atoms. The number of rotatable bonds is 6. The molecule has 7 nitrogen and oxygen atoms in total. The number of amides is 2. The molecule has 1 aliphatic heterocycles. The summed E-state index contributed by atoms with van der Waals surface area (Å²) < 4.78 is 10.4. The first kappa shape index (κ1) is 18.7. The molecule has 0 atom stereocenters. The number of anilines is 2. The zero-order chi connectivity index (χ0) is 19.1. The zero-order valence-corrected chi connectivity index (χ0v) is 15.2. The molecule has 0 aromatic heterocycles. The fourth-order valence-electron chi connectivity index (χ4n) is 2.77. The molecule has 27 heavy (non-hydrogen) atoms. The summed E-state index contributed by atoms with van der Waals surface area (Å²) in [5, 5.41) is 5.86. The van der Waals surface area contributed by atoms with E-state index in [9.17, 15) is 9.59 Å². The number of benzene rings is 2. The number of nitrogens with zero attached hydrogens (tertiary/aromatic N) is 1. The second kappa shape index (κ2) is 9.05. The van der Waals surface area contributed by atoms with Crippen molar-refractivity contribution in [2.45, 2.75) is 0 Å². The lowest BCUT2D eigenvalue weighted by Crippen LogP contribution is -2.40. The maximum Gasteiger partial charge on any atom is 0.254 e. The van der Waals surface area contributed by atoms with E-state index in [4.69, 9.17) is 9.47 Å². The number of nitrogens with one attached hydrogen (secondary N) is 2. The highest BCUT2D eigenvalue weighted by molar-refractivity contribution is 5.96. The molecule has 2 N–H and O–H groups in total. The summed E-state index contributed by atoms with van der Waals surface area (Å²) in [6, 6.07) is 14.3. The van der Waals surface area contributed by atoms with Crippen LogP contribution in [0.2, 0.25) is 0 Å². The van der Waals surface area contributed by atoms with Gasteiger partial charge in [0, 0.05) is 36.1 Å². The van der Waals surface area contributed by atoms with Gasteiger partial charge < -0.3 is 25.0 Å². The Hall–Kier alpha value is -3.06. The smallest absolute Gasteiger partial charge is 0.254 e. The van der Waals surface area contributed by atoms with Crippen molar-refractivity contribution in [3.8, 4) is 5.75 Å². The van der Waals surface area contributed by atoms with Crippen LogP contribution in [-0.2, 0) is 9.53 Å². The van der Waals surface area contributed by atoms with Crippen LogP contribution in [0.3, 0.4) is 0 Å². The third kappa shape index (κ3) is 5.21. The number of ether oxygens (including phenoxy) is 2. The molecule has 0 saturated carbocycles. The summed E-state index contributed by atoms with van der Waals surface area (Å²) in [6.07, 6.45) is 0. The summed E-state index contributed by atoms with van der Waals surface area (Å²) >= 11 is 0. The Labute approximate surface area is 158 Å². The molecule has 142 valence electrons. The highest BCUT2D eigenvalue weighted by Crippen LogP contribution is 2.17. The second-order valence-electron chi connectivity index (χ2n) is 6.12. The van der Waals surface area contributed by atoms with E-state index in [1.165, 1.54) is 0 Å². The minimum absolute atomic E-state index is 0.0177. The highest BCUT2D eigenvalue weighted by Gasteiger charge is 2.18. The van der Waals surface area contributed by atoms with Crippen LogP contribution in [0.5, 0.6) is 5.75 Å². The molecule has 1 heterocycles. The van der Waals surface area contributed by atoms with E-state index in [2.05, 4.69) is 10.6 Å². The maximum absolute atomic E-state index is 12.4. The average molecular weight is 369 g/mol. The average Bonchev–Trinajstić information content (AvgIpc) is 2.73. The molecule has 0 radical (unpaired) electrons. The van der Waals surface area contributed by atoms with Crippen molar-refractivity contribution in [1.29, 1.82) is 0 Å². The zero-order valence-electron chi connectivity index (χ0n) is 15.2. The fourth-order valence-corrected chi connectivity index (χ4v) is 2.77. The van der Waals surface area contributed by atoms with E-state index in [1.54, 1.807) is 36.3 Å².